The first kappa shape index (κ1) is 12.2. The molecule has 4 heteroatoms. The van der Waals surface area contributed by atoms with Gasteiger partial charge in [0.2, 0.25) is 0 Å². The molecule has 0 aliphatic heterocycles. The van der Waals surface area contributed by atoms with Crippen LogP contribution in [0.1, 0.15) is 16.7 Å². The lowest BCUT2D eigenvalue weighted by molar-refractivity contribution is 0.767. The number of nitrogens with one attached hydrogen (secondary N) is 1. The first-order chi connectivity index (χ1) is 8.69. The van der Waals surface area contributed by atoms with Crippen LogP contribution < -0.4 is 5.32 Å². The lowest BCUT2D eigenvalue weighted by atomic mass is 10.1. The Kier molecular flexibility index (Phi) is 3.63. The van der Waals surface area contributed by atoms with Gasteiger partial charge in [0.15, 0.2) is 0 Å². The predicted octanol–water partition coefficient (Wildman–Crippen LogP) is 2.25. The monoisotopic (exact) mass is 240 g/mol. The second-order valence-electron chi connectivity index (χ2n) is 4.36. The van der Waals surface area contributed by atoms with Crippen molar-refractivity contribution in [2.45, 2.75) is 13.3 Å². The van der Waals surface area contributed by atoms with Crippen molar-refractivity contribution < 1.29 is 0 Å². The Morgan fingerprint density at radius 2 is 2.28 bits per heavy atom. The number of nitriles is 1. The van der Waals surface area contributed by atoms with Crippen molar-refractivity contribution in [3.8, 4) is 6.07 Å². The molecule has 1 aromatic heterocycles. The molecule has 1 heterocycles. The molecule has 0 aliphatic carbocycles. The third-order valence-corrected chi connectivity index (χ3v) is 2.78. The van der Waals surface area contributed by atoms with E-state index >= 15 is 0 Å². The van der Waals surface area contributed by atoms with Crippen LogP contribution in [0.4, 0.5) is 5.69 Å². The van der Waals surface area contributed by atoms with Crippen LogP contribution in [-0.4, -0.2) is 16.3 Å². The first-order valence-electron chi connectivity index (χ1n) is 5.91. The summed E-state index contributed by atoms with van der Waals surface area (Å²) in [6, 6.07) is 8.07. The Hall–Kier alpha value is -2.28. The molecule has 18 heavy (non-hydrogen) atoms. The number of aryl methyl sites for hydroxylation is 2. The van der Waals surface area contributed by atoms with Gasteiger partial charge in [-0.3, -0.25) is 4.68 Å². The van der Waals surface area contributed by atoms with Gasteiger partial charge >= 0.3 is 0 Å². The van der Waals surface area contributed by atoms with E-state index in [-0.39, 0.29) is 0 Å². The van der Waals surface area contributed by atoms with Crippen molar-refractivity contribution in [3.05, 3.63) is 47.3 Å². The Balaban J connectivity index is 1.96. The summed E-state index contributed by atoms with van der Waals surface area (Å²) < 4.78 is 1.79. The van der Waals surface area contributed by atoms with Crippen LogP contribution in [0, 0.1) is 18.3 Å². The standard InChI is InChI=1S/C14H16N4/c1-11-3-4-14(13(7-11)8-15)16-6-5-12-9-17-18(2)10-12/h3-4,7,9-10,16H,5-6H2,1-2H3. The minimum absolute atomic E-state index is 0.696. The van der Waals surface area contributed by atoms with E-state index in [9.17, 15) is 0 Å². The molecule has 92 valence electrons. The van der Waals surface area contributed by atoms with E-state index in [1.165, 1.54) is 5.56 Å². The molecule has 0 saturated heterocycles. The highest BCUT2D eigenvalue weighted by atomic mass is 15.2. The molecule has 0 atom stereocenters. The van der Waals surface area contributed by atoms with Crippen molar-refractivity contribution in [1.82, 2.24) is 9.78 Å². The largest absolute Gasteiger partial charge is 0.384 e. The highest BCUT2D eigenvalue weighted by Gasteiger charge is 2.02. The summed E-state index contributed by atoms with van der Waals surface area (Å²) in [5, 5.41) is 16.5. The molecule has 2 rings (SSSR count). The fourth-order valence-corrected chi connectivity index (χ4v) is 1.85. The summed E-state index contributed by atoms with van der Waals surface area (Å²) in [5.41, 5.74) is 3.88. The molecule has 0 bridgehead atoms. The van der Waals surface area contributed by atoms with Crippen LogP contribution in [-0.2, 0) is 13.5 Å². The lowest BCUT2D eigenvalue weighted by Gasteiger charge is -2.08. The summed E-state index contributed by atoms with van der Waals surface area (Å²) in [7, 11) is 1.91. The quantitative estimate of drug-likeness (QED) is 0.891. The summed E-state index contributed by atoms with van der Waals surface area (Å²) in [6.07, 6.45) is 4.76. The Labute approximate surface area is 107 Å². The number of rotatable bonds is 4. The minimum Gasteiger partial charge on any atom is -0.384 e. The second-order valence-corrected chi connectivity index (χ2v) is 4.36. The zero-order chi connectivity index (χ0) is 13.0. The maximum Gasteiger partial charge on any atom is 0.101 e. The van der Waals surface area contributed by atoms with Gasteiger partial charge in [-0.2, -0.15) is 10.4 Å². The van der Waals surface area contributed by atoms with Gasteiger partial charge in [-0.05, 0) is 36.6 Å². The molecule has 1 N–H and O–H groups in total. The average molecular weight is 240 g/mol. The van der Waals surface area contributed by atoms with Gasteiger partial charge in [-0.25, -0.2) is 0 Å². The molecule has 0 unspecified atom stereocenters. The second kappa shape index (κ2) is 5.37. The number of hydrogen-bond donors (Lipinski definition) is 1. The fraction of sp³-hybridized carbons (Fsp3) is 0.286. The van der Waals surface area contributed by atoms with Crippen LogP contribution in [0.15, 0.2) is 30.6 Å². The fourth-order valence-electron chi connectivity index (χ4n) is 1.85. The third-order valence-electron chi connectivity index (χ3n) is 2.78. The smallest absolute Gasteiger partial charge is 0.101 e. The molecular weight excluding hydrogens is 224 g/mol. The van der Waals surface area contributed by atoms with Crippen LogP contribution in [0.25, 0.3) is 0 Å². The zero-order valence-electron chi connectivity index (χ0n) is 10.6. The van der Waals surface area contributed by atoms with Gasteiger partial charge in [-0.15, -0.1) is 0 Å². The Morgan fingerprint density at radius 3 is 2.94 bits per heavy atom. The predicted molar refractivity (Wildman–Crippen MR) is 71.3 cm³/mol. The normalized spacial score (nSPS) is 10.1. The Bertz CT molecular complexity index is 578. The third kappa shape index (κ3) is 2.89. The van der Waals surface area contributed by atoms with Gasteiger partial charge in [0.1, 0.15) is 6.07 Å². The number of nitrogens with zero attached hydrogens (tertiary/aromatic N) is 3. The van der Waals surface area contributed by atoms with E-state index in [0.717, 1.165) is 24.2 Å². The molecule has 0 aliphatic rings. The molecule has 1 aromatic carbocycles. The highest BCUT2D eigenvalue weighted by molar-refractivity contribution is 5.58. The van der Waals surface area contributed by atoms with E-state index in [2.05, 4.69) is 16.5 Å². The number of anilines is 1. The van der Waals surface area contributed by atoms with Crippen LogP contribution in [0.5, 0.6) is 0 Å². The topological polar surface area (TPSA) is 53.6 Å². The molecule has 0 radical (unpaired) electrons. The van der Waals surface area contributed by atoms with Gasteiger partial charge in [-0.1, -0.05) is 6.07 Å². The van der Waals surface area contributed by atoms with E-state index in [1.807, 2.05) is 44.6 Å². The number of aromatic nitrogens is 2. The highest BCUT2D eigenvalue weighted by Crippen LogP contribution is 2.16. The SMILES string of the molecule is Cc1ccc(NCCc2cnn(C)c2)c(C#N)c1. The van der Waals surface area contributed by atoms with Crippen molar-refractivity contribution >= 4 is 5.69 Å². The van der Waals surface area contributed by atoms with Crippen molar-refractivity contribution in [2.75, 3.05) is 11.9 Å². The van der Waals surface area contributed by atoms with Gasteiger partial charge in [0.05, 0.1) is 17.4 Å². The van der Waals surface area contributed by atoms with Gasteiger partial charge < -0.3 is 5.32 Å². The maximum atomic E-state index is 9.06. The molecule has 0 amide bonds. The molecular formula is C14H16N4. The van der Waals surface area contributed by atoms with E-state index in [0.29, 0.717) is 5.56 Å². The maximum absolute atomic E-state index is 9.06. The summed E-state index contributed by atoms with van der Waals surface area (Å²) >= 11 is 0. The van der Waals surface area contributed by atoms with E-state index in [1.54, 1.807) is 4.68 Å². The molecule has 0 saturated carbocycles. The van der Waals surface area contributed by atoms with Crippen molar-refractivity contribution in [3.63, 3.8) is 0 Å². The molecule has 4 nitrogen and oxygen atoms in total. The van der Waals surface area contributed by atoms with Crippen molar-refractivity contribution in [2.24, 2.45) is 7.05 Å². The molecule has 0 spiro atoms. The lowest BCUT2D eigenvalue weighted by Crippen LogP contribution is -2.06. The number of benzene rings is 1. The van der Waals surface area contributed by atoms with Crippen LogP contribution in [0.2, 0.25) is 0 Å². The number of hydrogen-bond acceptors (Lipinski definition) is 3. The van der Waals surface area contributed by atoms with Crippen LogP contribution >= 0.6 is 0 Å². The van der Waals surface area contributed by atoms with Gasteiger partial charge in [0.25, 0.3) is 0 Å². The Morgan fingerprint density at radius 1 is 1.44 bits per heavy atom. The molecule has 0 fully saturated rings. The van der Waals surface area contributed by atoms with E-state index < -0.39 is 0 Å². The zero-order valence-corrected chi connectivity index (χ0v) is 10.6. The van der Waals surface area contributed by atoms with Gasteiger partial charge in [0, 0.05) is 19.8 Å². The van der Waals surface area contributed by atoms with E-state index in [4.69, 9.17) is 5.26 Å². The van der Waals surface area contributed by atoms with Crippen LogP contribution in [0.3, 0.4) is 0 Å². The minimum atomic E-state index is 0.696. The summed E-state index contributed by atoms with van der Waals surface area (Å²) in [6.45, 7) is 2.78. The first-order valence-corrected chi connectivity index (χ1v) is 5.91. The summed E-state index contributed by atoms with van der Waals surface area (Å²) in [5.74, 6) is 0. The average Bonchev–Trinajstić information content (AvgIpc) is 2.77. The summed E-state index contributed by atoms with van der Waals surface area (Å²) in [4.78, 5) is 0. The molecule has 2 aromatic rings. The van der Waals surface area contributed by atoms with Crippen molar-refractivity contribution in [1.29, 1.82) is 5.26 Å².